The van der Waals surface area contributed by atoms with Crippen LogP contribution in [0.3, 0.4) is 0 Å². The second-order valence-corrected chi connectivity index (χ2v) is 9.39. The van der Waals surface area contributed by atoms with Gasteiger partial charge in [-0.2, -0.15) is 0 Å². The lowest BCUT2D eigenvalue weighted by molar-refractivity contribution is -0.134. The van der Waals surface area contributed by atoms with Crippen LogP contribution in [-0.2, 0) is 16.1 Å². The molecule has 0 radical (unpaired) electrons. The molecule has 0 amide bonds. The van der Waals surface area contributed by atoms with Crippen molar-refractivity contribution in [2.45, 2.75) is 44.0 Å². The topological polar surface area (TPSA) is 52.6 Å². The van der Waals surface area contributed by atoms with Crippen molar-refractivity contribution in [3.8, 4) is 5.75 Å². The van der Waals surface area contributed by atoms with Gasteiger partial charge in [0.1, 0.15) is 17.9 Å². The van der Waals surface area contributed by atoms with Gasteiger partial charge in [-0.05, 0) is 37.0 Å². The Morgan fingerprint density at radius 1 is 1.00 bits per heavy atom. The fraction of sp³-hybridized carbons (Fsp3) is 0.364. The molecule has 0 aromatic heterocycles. The zero-order chi connectivity index (χ0) is 19.6. The molecule has 0 unspecified atom stereocenters. The van der Waals surface area contributed by atoms with Gasteiger partial charge in [0.25, 0.3) is 0 Å². The molecule has 3 rings (SSSR count). The van der Waals surface area contributed by atoms with Crippen LogP contribution >= 0.6 is 21.6 Å². The monoisotopic (exact) mass is 416 g/mol. The Morgan fingerprint density at radius 3 is 2.57 bits per heavy atom. The van der Waals surface area contributed by atoms with Gasteiger partial charge in [-0.25, -0.2) is 4.79 Å². The fourth-order valence-electron chi connectivity index (χ4n) is 2.90. The molecule has 0 bridgehead atoms. The largest absolute Gasteiger partial charge is 0.457 e. The Hall–Kier alpha value is -1.92. The van der Waals surface area contributed by atoms with Gasteiger partial charge in [0, 0.05) is 17.4 Å². The van der Waals surface area contributed by atoms with Crippen molar-refractivity contribution >= 4 is 33.5 Å². The van der Waals surface area contributed by atoms with Crippen molar-refractivity contribution in [1.82, 2.24) is 0 Å². The second-order valence-electron chi connectivity index (χ2n) is 6.61. The minimum absolute atomic E-state index is 0.180. The smallest absolute Gasteiger partial charge is 0.342 e. The van der Waals surface area contributed by atoms with E-state index in [4.69, 9.17) is 9.47 Å². The highest BCUT2D eigenvalue weighted by molar-refractivity contribution is 8.77. The number of benzene rings is 2. The van der Waals surface area contributed by atoms with Crippen LogP contribution in [0.4, 0.5) is 0 Å². The van der Waals surface area contributed by atoms with E-state index in [1.165, 1.54) is 12.2 Å². The predicted octanol–water partition coefficient (Wildman–Crippen LogP) is 5.66. The van der Waals surface area contributed by atoms with E-state index in [-0.39, 0.29) is 23.9 Å². The number of carbonyl (C=O) groups is 2. The van der Waals surface area contributed by atoms with Crippen LogP contribution in [0.15, 0.2) is 54.6 Å². The van der Waals surface area contributed by atoms with Crippen LogP contribution in [0.2, 0.25) is 0 Å². The number of esters is 2. The van der Waals surface area contributed by atoms with E-state index in [0.717, 1.165) is 30.1 Å². The van der Waals surface area contributed by atoms with E-state index in [1.54, 1.807) is 24.3 Å². The minimum Gasteiger partial charge on any atom is -0.457 e. The molecule has 0 spiro atoms. The van der Waals surface area contributed by atoms with Gasteiger partial charge in [0.15, 0.2) is 0 Å². The number of rotatable bonds is 9. The van der Waals surface area contributed by atoms with E-state index in [2.05, 4.69) is 0 Å². The molecule has 0 saturated carbocycles. The summed E-state index contributed by atoms with van der Waals surface area (Å²) in [6, 6.07) is 16.2. The zero-order valence-electron chi connectivity index (χ0n) is 15.7. The molecular weight excluding hydrogens is 392 g/mol. The van der Waals surface area contributed by atoms with E-state index in [0.29, 0.717) is 6.42 Å². The Labute approximate surface area is 173 Å². The number of para-hydroxylation sites is 1. The van der Waals surface area contributed by atoms with Gasteiger partial charge < -0.3 is 9.47 Å². The second kappa shape index (κ2) is 11.2. The summed E-state index contributed by atoms with van der Waals surface area (Å²) in [5, 5.41) is 0.723. The Morgan fingerprint density at radius 2 is 1.79 bits per heavy atom. The molecule has 2 aromatic carbocycles. The maximum absolute atomic E-state index is 12.4. The number of carbonyl (C=O) groups excluding carboxylic acids is 2. The van der Waals surface area contributed by atoms with Crippen LogP contribution in [0, 0.1) is 0 Å². The lowest BCUT2D eigenvalue weighted by atomic mass is 10.1. The van der Waals surface area contributed by atoms with Crippen LogP contribution in [-0.4, -0.2) is 22.9 Å². The van der Waals surface area contributed by atoms with Crippen molar-refractivity contribution in [2.24, 2.45) is 0 Å². The molecular formula is C22H24O4S2. The van der Waals surface area contributed by atoms with E-state index in [1.807, 2.05) is 51.9 Å². The first-order chi connectivity index (χ1) is 13.7. The van der Waals surface area contributed by atoms with Gasteiger partial charge in [-0.3, -0.25) is 4.79 Å². The standard InChI is InChI=1S/C22H24O4S2/c23-21(13-7-4-10-18-14-15-27-28-18)26-20-12-6-5-11-19(20)22(24)25-16-17-8-2-1-3-9-17/h1-3,5-6,8-9,11-12,18H,4,7,10,13-16H2/t18-/m1/s1. The highest BCUT2D eigenvalue weighted by Crippen LogP contribution is 2.39. The van der Waals surface area contributed by atoms with Crippen LogP contribution in [0.25, 0.3) is 0 Å². The Balaban J connectivity index is 1.47. The van der Waals surface area contributed by atoms with Crippen molar-refractivity contribution in [3.05, 3.63) is 65.7 Å². The summed E-state index contributed by atoms with van der Waals surface area (Å²) in [6.45, 7) is 0.180. The molecule has 0 aliphatic carbocycles. The number of ether oxygens (including phenoxy) is 2. The van der Waals surface area contributed by atoms with E-state index >= 15 is 0 Å². The van der Waals surface area contributed by atoms with Gasteiger partial charge in [-0.15, -0.1) is 0 Å². The quantitative estimate of drug-likeness (QED) is 0.227. The third-order valence-electron chi connectivity index (χ3n) is 4.43. The highest BCUT2D eigenvalue weighted by atomic mass is 33.1. The number of hydrogen-bond acceptors (Lipinski definition) is 6. The SMILES string of the molecule is O=C(CCCC[C@@H]1CCSS1)Oc1ccccc1C(=O)OCc1ccccc1. The lowest BCUT2D eigenvalue weighted by Crippen LogP contribution is -2.13. The third-order valence-corrected chi connectivity index (χ3v) is 7.43. The summed E-state index contributed by atoms with van der Waals surface area (Å²) in [6.07, 6.45) is 4.60. The van der Waals surface area contributed by atoms with Crippen LogP contribution < -0.4 is 4.74 Å². The van der Waals surface area contributed by atoms with E-state index in [9.17, 15) is 9.59 Å². The summed E-state index contributed by atoms with van der Waals surface area (Å²) < 4.78 is 10.8. The molecule has 1 atom stereocenters. The van der Waals surface area contributed by atoms with Gasteiger partial charge in [0.2, 0.25) is 0 Å². The Kier molecular flexibility index (Phi) is 8.30. The predicted molar refractivity (Wildman–Crippen MR) is 115 cm³/mol. The molecule has 1 fully saturated rings. The van der Waals surface area contributed by atoms with Gasteiger partial charge in [-0.1, -0.05) is 70.5 Å². The minimum atomic E-state index is -0.497. The molecule has 1 aliphatic heterocycles. The average Bonchev–Trinajstić information content (AvgIpc) is 3.24. The summed E-state index contributed by atoms with van der Waals surface area (Å²) in [5.74, 6) is 0.683. The summed E-state index contributed by atoms with van der Waals surface area (Å²) in [5.41, 5.74) is 1.18. The summed E-state index contributed by atoms with van der Waals surface area (Å²) in [4.78, 5) is 24.6. The zero-order valence-corrected chi connectivity index (χ0v) is 17.3. The maximum Gasteiger partial charge on any atom is 0.342 e. The maximum atomic E-state index is 12.4. The molecule has 1 saturated heterocycles. The van der Waals surface area contributed by atoms with Crippen molar-refractivity contribution < 1.29 is 19.1 Å². The first-order valence-electron chi connectivity index (χ1n) is 9.51. The molecule has 148 valence electrons. The number of unbranched alkanes of at least 4 members (excludes halogenated alkanes) is 1. The van der Waals surface area contributed by atoms with Crippen molar-refractivity contribution in [1.29, 1.82) is 0 Å². The molecule has 6 heteroatoms. The number of hydrogen-bond donors (Lipinski definition) is 0. The fourth-order valence-corrected chi connectivity index (χ4v) is 5.93. The first-order valence-corrected chi connectivity index (χ1v) is 11.9. The molecule has 1 heterocycles. The highest BCUT2D eigenvalue weighted by Gasteiger charge is 2.18. The first kappa shape index (κ1) is 20.8. The molecule has 0 N–H and O–H groups in total. The molecule has 2 aromatic rings. The summed E-state index contributed by atoms with van der Waals surface area (Å²) in [7, 11) is 3.90. The van der Waals surface area contributed by atoms with E-state index < -0.39 is 5.97 Å². The van der Waals surface area contributed by atoms with Gasteiger partial charge in [0.05, 0.1) is 0 Å². The van der Waals surface area contributed by atoms with Gasteiger partial charge >= 0.3 is 11.9 Å². The molecule has 1 aliphatic rings. The van der Waals surface area contributed by atoms with Crippen LogP contribution in [0.5, 0.6) is 5.75 Å². The third kappa shape index (κ3) is 6.60. The van der Waals surface area contributed by atoms with Crippen LogP contribution in [0.1, 0.15) is 48.0 Å². The average molecular weight is 417 g/mol. The molecule has 28 heavy (non-hydrogen) atoms. The van der Waals surface area contributed by atoms with Crippen molar-refractivity contribution in [2.75, 3.05) is 5.75 Å². The normalized spacial score (nSPS) is 15.9. The Bertz CT molecular complexity index is 773. The lowest BCUT2D eigenvalue weighted by Gasteiger charge is -2.10. The molecule has 4 nitrogen and oxygen atoms in total. The summed E-state index contributed by atoms with van der Waals surface area (Å²) >= 11 is 0. The van der Waals surface area contributed by atoms with Crippen molar-refractivity contribution in [3.63, 3.8) is 0 Å².